The molecule has 2 amide bonds. The van der Waals surface area contributed by atoms with Crippen LogP contribution in [0.4, 0.5) is 17.1 Å². The zero-order valence-electron chi connectivity index (χ0n) is 15.7. The lowest BCUT2D eigenvalue weighted by Crippen LogP contribution is -2.26. The van der Waals surface area contributed by atoms with E-state index >= 15 is 0 Å². The number of hydrogen-bond acceptors (Lipinski definition) is 3. The van der Waals surface area contributed by atoms with Crippen molar-refractivity contribution in [3.8, 4) is 0 Å². The van der Waals surface area contributed by atoms with Gasteiger partial charge >= 0.3 is 0 Å². The maximum atomic E-state index is 12.6. The Hall–Kier alpha value is -3.02. The van der Waals surface area contributed by atoms with E-state index in [1.165, 1.54) is 0 Å². The Kier molecular flexibility index (Phi) is 6.75. The van der Waals surface area contributed by atoms with Gasteiger partial charge in [0.2, 0.25) is 5.91 Å². The lowest BCUT2D eigenvalue weighted by molar-refractivity contribution is -0.114. The Bertz CT molecular complexity index is 988. The maximum absolute atomic E-state index is 12.6. The van der Waals surface area contributed by atoms with Gasteiger partial charge in [-0.05, 0) is 54.6 Å². The minimum Gasteiger partial charge on any atom is -0.376 e. The number of hydrogen-bond donors (Lipinski definition) is 2. The molecular formula is C22H19Cl2N3O2. The molecule has 0 saturated heterocycles. The summed E-state index contributed by atoms with van der Waals surface area (Å²) in [5.41, 5.74) is 2.59. The first-order chi connectivity index (χ1) is 13.9. The molecule has 7 heteroatoms. The molecule has 0 heterocycles. The highest BCUT2D eigenvalue weighted by molar-refractivity contribution is 6.35. The van der Waals surface area contributed by atoms with E-state index in [2.05, 4.69) is 10.6 Å². The minimum atomic E-state index is -0.235. The van der Waals surface area contributed by atoms with Crippen LogP contribution in [0.2, 0.25) is 10.0 Å². The number of anilines is 3. The van der Waals surface area contributed by atoms with E-state index in [0.717, 1.165) is 5.69 Å². The van der Waals surface area contributed by atoms with Crippen molar-refractivity contribution in [1.29, 1.82) is 0 Å². The van der Waals surface area contributed by atoms with Gasteiger partial charge in [0, 0.05) is 39.7 Å². The van der Waals surface area contributed by atoms with Crippen LogP contribution in [0.15, 0.2) is 72.8 Å². The van der Waals surface area contributed by atoms with E-state index < -0.39 is 0 Å². The summed E-state index contributed by atoms with van der Waals surface area (Å²) in [5.74, 6) is -0.366. The lowest BCUT2D eigenvalue weighted by atomic mass is 10.1. The van der Waals surface area contributed by atoms with E-state index in [-0.39, 0.29) is 18.4 Å². The molecule has 0 aromatic heterocycles. The second-order valence-corrected chi connectivity index (χ2v) is 7.21. The Morgan fingerprint density at radius 1 is 0.862 bits per heavy atom. The summed E-state index contributed by atoms with van der Waals surface area (Å²) in [5, 5.41) is 6.72. The number of benzene rings is 3. The summed E-state index contributed by atoms with van der Waals surface area (Å²) in [6.45, 7) is 0.0497. The maximum Gasteiger partial charge on any atom is 0.258 e. The first kappa shape index (κ1) is 20.7. The van der Waals surface area contributed by atoms with Crippen LogP contribution in [0.1, 0.15) is 10.4 Å². The molecule has 3 aromatic carbocycles. The predicted octanol–water partition coefficient (Wildman–Crippen LogP) is 5.32. The highest BCUT2D eigenvalue weighted by Crippen LogP contribution is 2.22. The number of nitrogens with zero attached hydrogens (tertiary/aromatic N) is 1. The minimum absolute atomic E-state index is 0.0497. The molecule has 0 aliphatic heterocycles. The average molecular weight is 428 g/mol. The van der Waals surface area contributed by atoms with Gasteiger partial charge in [-0.3, -0.25) is 9.59 Å². The number of rotatable bonds is 6. The fraction of sp³-hybridized carbons (Fsp3) is 0.0909. The summed E-state index contributed by atoms with van der Waals surface area (Å²) >= 11 is 11.9. The highest BCUT2D eigenvalue weighted by Gasteiger charge is 2.13. The van der Waals surface area contributed by atoms with Crippen LogP contribution in [0.5, 0.6) is 0 Å². The Morgan fingerprint density at radius 3 is 2.10 bits per heavy atom. The van der Waals surface area contributed by atoms with E-state index in [0.29, 0.717) is 27.0 Å². The molecule has 0 aliphatic carbocycles. The number of nitrogens with one attached hydrogen (secondary N) is 2. The molecule has 5 nitrogen and oxygen atoms in total. The standard InChI is InChI=1S/C22H19Cl2N3O2/c1-27(20-5-3-2-4-6-20)22(29)15-7-9-18(10-8-15)26-21(28)14-25-19-12-16(23)11-17(24)13-19/h2-13,25H,14H2,1H3,(H,26,28). The molecule has 0 radical (unpaired) electrons. The van der Waals surface area contributed by atoms with Gasteiger partial charge in [-0.25, -0.2) is 0 Å². The molecule has 0 unspecified atom stereocenters. The Balaban J connectivity index is 1.57. The number of para-hydroxylation sites is 1. The summed E-state index contributed by atoms with van der Waals surface area (Å²) in [4.78, 5) is 26.3. The fourth-order valence-corrected chi connectivity index (χ4v) is 3.23. The summed E-state index contributed by atoms with van der Waals surface area (Å²) < 4.78 is 0. The highest BCUT2D eigenvalue weighted by atomic mass is 35.5. The van der Waals surface area contributed by atoms with E-state index in [9.17, 15) is 9.59 Å². The van der Waals surface area contributed by atoms with Gasteiger partial charge in [-0.15, -0.1) is 0 Å². The topological polar surface area (TPSA) is 61.4 Å². The monoisotopic (exact) mass is 427 g/mol. The van der Waals surface area contributed by atoms with Crippen molar-refractivity contribution in [1.82, 2.24) is 0 Å². The lowest BCUT2D eigenvalue weighted by Gasteiger charge is -2.17. The van der Waals surface area contributed by atoms with E-state index in [1.54, 1.807) is 54.4 Å². The van der Waals surface area contributed by atoms with Crippen molar-refractivity contribution in [3.63, 3.8) is 0 Å². The first-order valence-electron chi connectivity index (χ1n) is 8.85. The summed E-state index contributed by atoms with van der Waals surface area (Å²) in [6, 6.07) is 21.1. The zero-order chi connectivity index (χ0) is 20.8. The third-order valence-corrected chi connectivity index (χ3v) is 4.62. The second-order valence-electron chi connectivity index (χ2n) is 6.34. The van der Waals surface area contributed by atoms with Crippen molar-refractivity contribution in [2.24, 2.45) is 0 Å². The van der Waals surface area contributed by atoms with Crippen molar-refractivity contribution in [2.45, 2.75) is 0 Å². The van der Waals surface area contributed by atoms with Crippen molar-refractivity contribution in [3.05, 3.63) is 88.4 Å². The van der Waals surface area contributed by atoms with Crippen LogP contribution >= 0.6 is 23.2 Å². The van der Waals surface area contributed by atoms with Gasteiger partial charge in [0.1, 0.15) is 0 Å². The van der Waals surface area contributed by atoms with Gasteiger partial charge in [-0.2, -0.15) is 0 Å². The average Bonchev–Trinajstić information content (AvgIpc) is 2.72. The summed E-state index contributed by atoms with van der Waals surface area (Å²) in [7, 11) is 1.72. The SMILES string of the molecule is CN(C(=O)c1ccc(NC(=O)CNc2cc(Cl)cc(Cl)c2)cc1)c1ccccc1. The number of carbonyl (C=O) groups excluding carboxylic acids is 2. The normalized spacial score (nSPS) is 10.3. The molecule has 0 atom stereocenters. The quantitative estimate of drug-likeness (QED) is 0.559. The number of halogens is 2. The van der Waals surface area contributed by atoms with Crippen molar-refractivity contribution in [2.75, 3.05) is 29.1 Å². The van der Waals surface area contributed by atoms with Gasteiger partial charge < -0.3 is 15.5 Å². The molecule has 0 saturated carbocycles. The molecule has 0 bridgehead atoms. The van der Waals surface area contributed by atoms with E-state index in [4.69, 9.17) is 23.2 Å². The van der Waals surface area contributed by atoms with Crippen LogP contribution in [0.3, 0.4) is 0 Å². The third kappa shape index (κ3) is 5.73. The molecule has 0 fully saturated rings. The molecule has 0 aliphatic rings. The molecule has 2 N–H and O–H groups in total. The van der Waals surface area contributed by atoms with Gasteiger partial charge in [0.25, 0.3) is 5.91 Å². The Labute approximate surface area is 179 Å². The largest absolute Gasteiger partial charge is 0.376 e. The predicted molar refractivity (Wildman–Crippen MR) is 119 cm³/mol. The molecule has 0 spiro atoms. The molecule has 148 valence electrons. The van der Waals surface area contributed by atoms with Crippen molar-refractivity contribution < 1.29 is 9.59 Å². The van der Waals surface area contributed by atoms with E-state index in [1.807, 2.05) is 30.3 Å². The molecular weight excluding hydrogens is 409 g/mol. The molecule has 3 rings (SSSR count). The van der Waals surface area contributed by atoms with Gasteiger partial charge in [0.05, 0.1) is 6.54 Å². The van der Waals surface area contributed by atoms with Gasteiger partial charge in [0.15, 0.2) is 0 Å². The van der Waals surface area contributed by atoms with Crippen LogP contribution in [-0.2, 0) is 4.79 Å². The van der Waals surface area contributed by atoms with Crippen LogP contribution in [-0.4, -0.2) is 25.4 Å². The zero-order valence-corrected chi connectivity index (χ0v) is 17.2. The number of carbonyl (C=O) groups is 2. The third-order valence-electron chi connectivity index (χ3n) is 4.18. The Morgan fingerprint density at radius 2 is 1.48 bits per heavy atom. The first-order valence-corrected chi connectivity index (χ1v) is 9.61. The van der Waals surface area contributed by atoms with Crippen LogP contribution in [0, 0.1) is 0 Å². The second kappa shape index (κ2) is 9.45. The molecule has 29 heavy (non-hydrogen) atoms. The molecule has 3 aromatic rings. The number of amides is 2. The van der Waals surface area contributed by atoms with Crippen molar-refractivity contribution >= 4 is 52.1 Å². The van der Waals surface area contributed by atoms with Crippen LogP contribution < -0.4 is 15.5 Å². The summed E-state index contributed by atoms with van der Waals surface area (Å²) in [6.07, 6.45) is 0. The smallest absolute Gasteiger partial charge is 0.258 e. The van der Waals surface area contributed by atoms with Crippen LogP contribution in [0.25, 0.3) is 0 Å². The van der Waals surface area contributed by atoms with Gasteiger partial charge in [-0.1, -0.05) is 41.4 Å². The fourth-order valence-electron chi connectivity index (χ4n) is 2.70.